The summed E-state index contributed by atoms with van der Waals surface area (Å²) in [6.07, 6.45) is 4.87. The number of hydrogen-bond donors (Lipinski definition) is 2. The number of nitrogens with two attached hydrogens (primary N) is 1. The molecule has 1 aromatic carbocycles. The second kappa shape index (κ2) is 6.95. The zero-order valence-electron chi connectivity index (χ0n) is 11.5. The number of anilines is 1. The molecule has 2 rings (SSSR count). The molecule has 0 atom stereocenters. The molecule has 0 spiro atoms. The topological polar surface area (TPSA) is 92.7 Å². The monoisotopic (exact) mass is 281 g/mol. The third kappa shape index (κ3) is 4.54. The molecule has 106 valence electrons. The van der Waals surface area contributed by atoms with Crippen LogP contribution in [0.4, 0.5) is 5.69 Å². The first-order valence-corrected chi connectivity index (χ1v) is 6.30. The summed E-state index contributed by atoms with van der Waals surface area (Å²) in [5.74, 6) is 0.217. The standard InChI is InChI=1S/C15H15N5O/c1-11(21)19-14-4-2-12(3-5-14)10-18-20-15(16)13-6-8-17-9-7-13/h2-10H,1H3,(H2,16,20)(H,19,21)/b18-10+. The van der Waals surface area contributed by atoms with Crippen molar-refractivity contribution in [2.24, 2.45) is 15.9 Å². The Morgan fingerprint density at radius 2 is 1.86 bits per heavy atom. The number of rotatable bonds is 4. The van der Waals surface area contributed by atoms with Gasteiger partial charge in [-0.05, 0) is 29.8 Å². The zero-order chi connectivity index (χ0) is 15.1. The summed E-state index contributed by atoms with van der Waals surface area (Å²) in [5, 5.41) is 10.6. The van der Waals surface area contributed by atoms with E-state index >= 15 is 0 Å². The van der Waals surface area contributed by atoms with Crippen molar-refractivity contribution in [3.8, 4) is 0 Å². The normalized spacial score (nSPS) is 11.6. The van der Waals surface area contributed by atoms with Crippen molar-refractivity contribution in [3.63, 3.8) is 0 Å². The highest BCUT2D eigenvalue weighted by molar-refractivity contribution is 5.97. The van der Waals surface area contributed by atoms with Gasteiger partial charge in [0.2, 0.25) is 5.91 Å². The molecule has 0 fully saturated rings. The van der Waals surface area contributed by atoms with Gasteiger partial charge in [0, 0.05) is 30.6 Å². The van der Waals surface area contributed by atoms with Crippen LogP contribution in [0.25, 0.3) is 0 Å². The van der Waals surface area contributed by atoms with E-state index in [1.54, 1.807) is 42.9 Å². The molecule has 0 aliphatic heterocycles. The van der Waals surface area contributed by atoms with Crippen LogP contribution < -0.4 is 11.1 Å². The Bertz CT molecular complexity index is 662. The summed E-state index contributed by atoms with van der Waals surface area (Å²) in [7, 11) is 0. The molecular formula is C15H15N5O. The maximum atomic E-state index is 10.9. The fourth-order valence-corrected chi connectivity index (χ4v) is 1.59. The van der Waals surface area contributed by atoms with Crippen LogP contribution in [-0.2, 0) is 4.79 Å². The molecule has 1 aromatic heterocycles. The quantitative estimate of drug-likeness (QED) is 0.508. The van der Waals surface area contributed by atoms with Gasteiger partial charge in [-0.3, -0.25) is 9.78 Å². The van der Waals surface area contributed by atoms with Gasteiger partial charge in [-0.1, -0.05) is 12.1 Å². The van der Waals surface area contributed by atoms with Crippen LogP contribution in [0.2, 0.25) is 0 Å². The summed E-state index contributed by atoms with van der Waals surface area (Å²) < 4.78 is 0. The summed E-state index contributed by atoms with van der Waals surface area (Å²) in [6, 6.07) is 10.8. The largest absolute Gasteiger partial charge is 0.382 e. The van der Waals surface area contributed by atoms with Gasteiger partial charge in [0.1, 0.15) is 0 Å². The SMILES string of the molecule is CC(=O)Nc1ccc(/C=N/N=C(\N)c2ccncc2)cc1. The van der Waals surface area contributed by atoms with Crippen molar-refractivity contribution < 1.29 is 4.79 Å². The minimum absolute atomic E-state index is 0.105. The number of benzene rings is 1. The van der Waals surface area contributed by atoms with Crippen LogP contribution in [0.15, 0.2) is 59.0 Å². The number of amidine groups is 1. The van der Waals surface area contributed by atoms with Gasteiger partial charge in [-0.25, -0.2) is 0 Å². The summed E-state index contributed by atoms with van der Waals surface area (Å²) >= 11 is 0. The average Bonchev–Trinajstić information content (AvgIpc) is 2.49. The third-order valence-corrected chi connectivity index (χ3v) is 2.58. The van der Waals surface area contributed by atoms with E-state index in [0.29, 0.717) is 5.84 Å². The number of amides is 1. The lowest BCUT2D eigenvalue weighted by Gasteiger charge is -2.01. The first kappa shape index (κ1) is 14.4. The summed E-state index contributed by atoms with van der Waals surface area (Å²) in [4.78, 5) is 14.8. The van der Waals surface area contributed by atoms with E-state index < -0.39 is 0 Å². The van der Waals surface area contributed by atoms with E-state index in [0.717, 1.165) is 16.8 Å². The maximum absolute atomic E-state index is 10.9. The molecule has 0 unspecified atom stereocenters. The van der Waals surface area contributed by atoms with Crippen LogP contribution in [0.5, 0.6) is 0 Å². The molecule has 0 saturated heterocycles. The van der Waals surface area contributed by atoms with Crippen molar-refractivity contribution in [2.45, 2.75) is 6.92 Å². The lowest BCUT2D eigenvalue weighted by atomic mass is 10.2. The van der Waals surface area contributed by atoms with Crippen LogP contribution in [0.3, 0.4) is 0 Å². The molecule has 0 aliphatic rings. The highest BCUT2D eigenvalue weighted by atomic mass is 16.1. The van der Waals surface area contributed by atoms with Gasteiger partial charge in [-0.15, -0.1) is 5.10 Å². The van der Waals surface area contributed by atoms with Crippen LogP contribution in [0, 0.1) is 0 Å². The number of pyridine rings is 1. The van der Waals surface area contributed by atoms with E-state index in [9.17, 15) is 4.79 Å². The predicted molar refractivity (Wildman–Crippen MR) is 83.3 cm³/mol. The van der Waals surface area contributed by atoms with Crippen molar-refractivity contribution in [1.82, 2.24) is 4.98 Å². The highest BCUT2D eigenvalue weighted by Gasteiger charge is 1.96. The Morgan fingerprint density at radius 1 is 1.19 bits per heavy atom. The van der Waals surface area contributed by atoms with Crippen molar-refractivity contribution >= 4 is 23.6 Å². The molecular weight excluding hydrogens is 266 g/mol. The second-order valence-corrected chi connectivity index (χ2v) is 4.27. The summed E-state index contributed by atoms with van der Waals surface area (Å²) in [5.41, 5.74) is 8.16. The van der Waals surface area contributed by atoms with Crippen molar-refractivity contribution in [1.29, 1.82) is 0 Å². The molecule has 3 N–H and O–H groups in total. The minimum atomic E-state index is -0.105. The first-order valence-electron chi connectivity index (χ1n) is 6.30. The Morgan fingerprint density at radius 3 is 2.48 bits per heavy atom. The van der Waals surface area contributed by atoms with E-state index in [1.165, 1.54) is 6.92 Å². The smallest absolute Gasteiger partial charge is 0.221 e. The molecule has 6 nitrogen and oxygen atoms in total. The molecule has 0 saturated carbocycles. The van der Waals surface area contributed by atoms with Gasteiger partial charge in [0.25, 0.3) is 0 Å². The Kier molecular flexibility index (Phi) is 4.76. The van der Waals surface area contributed by atoms with Gasteiger partial charge in [0.15, 0.2) is 5.84 Å². The molecule has 0 bridgehead atoms. The number of aromatic nitrogens is 1. The van der Waals surface area contributed by atoms with Gasteiger partial charge in [0.05, 0.1) is 6.21 Å². The van der Waals surface area contributed by atoms with Crippen LogP contribution in [-0.4, -0.2) is 22.9 Å². The first-order chi connectivity index (χ1) is 10.1. The number of nitrogens with zero attached hydrogens (tertiary/aromatic N) is 3. The van der Waals surface area contributed by atoms with E-state index in [2.05, 4.69) is 20.5 Å². The average molecular weight is 281 g/mol. The molecule has 21 heavy (non-hydrogen) atoms. The second-order valence-electron chi connectivity index (χ2n) is 4.27. The zero-order valence-corrected chi connectivity index (χ0v) is 11.5. The predicted octanol–water partition coefficient (Wildman–Crippen LogP) is 1.78. The Hall–Kier alpha value is -3.02. The number of carbonyl (C=O) groups is 1. The third-order valence-electron chi connectivity index (χ3n) is 2.58. The Labute approximate surface area is 122 Å². The summed E-state index contributed by atoms with van der Waals surface area (Å²) in [6.45, 7) is 1.46. The fraction of sp³-hybridized carbons (Fsp3) is 0.0667. The maximum Gasteiger partial charge on any atom is 0.221 e. The molecule has 2 aromatic rings. The van der Waals surface area contributed by atoms with Crippen molar-refractivity contribution in [2.75, 3.05) is 5.32 Å². The lowest BCUT2D eigenvalue weighted by Crippen LogP contribution is -2.12. The van der Waals surface area contributed by atoms with Crippen molar-refractivity contribution in [3.05, 3.63) is 59.9 Å². The Balaban J connectivity index is 2.02. The van der Waals surface area contributed by atoms with Crippen LogP contribution >= 0.6 is 0 Å². The van der Waals surface area contributed by atoms with E-state index in [4.69, 9.17) is 5.73 Å². The van der Waals surface area contributed by atoms with E-state index in [1.807, 2.05) is 12.1 Å². The molecule has 0 aliphatic carbocycles. The van der Waals surface area contributed by atoms with Gasteiger partial charge < -0.3 is 11.1 Å². The van der Waals surface area contributed by atoms with Crippen LogP contribution in [0.1, 0.15) is 18.1 Å². The number of hydrogen-bond acceptors (Lipinski definition) is 4. The minimum Gasteiger partial charge on any atom is -0.382 e. The highest BCUT2D eigenvalue weighted by Crippen LogP contribution is 2.08. The lowest BCUT2D eigenvalue weighted by molar-refractivity contribution is -0.114. The number of nitrogens with one attached hydrogen (secondary N) is 1. The van der Waals surface area contributed by atoms with Gasteiger partial charge in [-0.2, -0.15) is 5.10 Å². The molecule has 1 amide bonds. The molecule has 6 heteroatoms. The molecule has 1 heterocycles. The number of carbonyl (C=O) groups excluding carboxylic acids is 1. The molecule has 0 radical (unpaired) electrons. The van der Waals surface area contributed by atoms with E-state index in [-0.39, 0.29) is 5.91 Å². The van der Waals surface area contributed by atoms with Gasteiger partial charge >= 0.3 is 0 Å². The fourth-order valence-electron chi connectivity index (χ4n) is 1.59.